The minimum atomic E-state index is -4.76. The smallest absolute Gasteiger partial charge is 0.462 e. The Bertz CT molecular complexity index is 834. The van der Waals surface area contributed by atoms with Crippen molar-refractivity contribution in [3.05, 3.63) is 0 Å². The van der Waals surface area contributed by atoms with Gasteiger partial charge in [-0.2, -0.15) is 0 Å². The number of carbonyl (C=O) groups excluding carboxylic acids is 2. The average molecular weight is 663 g/mol. The lowest BCUT2D eigenvalue weighted by Gasteiger charge is -2.18. The monoisotopic (exact) mass is 662 g/mol. The van der Waals surface area contributed by atoms with Gasteiger partial charge < -0.3 is 28.7 Å². The zero-order chi connectivity index (χ0) is 32.8. The number of phosphoric ester groups is 1. The molecule has 0 aromatic carbocycles. The van der Waals surface area contributed by atoms with Gasteiger partial charge in [0, 0.05) is 12.8 Å². The summed E-state index contributed by atoms with van der Waals surface area (Å²) < 4.78 is 37.8. The number of hydrogen-bond donors (Lipinski definition) is 2. The van der Waals surface area contributed by atoms with E-state index in [0.717, 1.165) is 64.2 Å². The molecule has 4 unspecified atom stereocenters. The summed E-state index contributed by atoms with van der Waals surface area (Å²) in [6, 6.07) is 0. The van der Waals surface area contributed by atoms with Crippen LogP contribution in [0.5, 0.6) is 0 Å². The highest BCUT2D eigenvalue weighted by Gasteiger charge is 2.37. The molecule has 2 N–H and O–H groups in total. The lowest BCUT2D eigenvalue weighted by molar-refractivity contribution is -0.161. The van der Waals surface area contributed by atoms with E-state index in [0.29, 0.717) is 37.3 Å². The van der Waals surface area contributed by atoms with Crippen molar-refractivity contribution in [1.82, 2.24) is 0 Å². The molecule has 10 nitrogen and oxygen atoms in total. The summed E-state index contributed by atoms with van der Waals surface area (Å²) in [6.45, 7) is 3.59. The van der Waals surface area contributed by atoms with Crippen LogP contribution < -0.4 is 0 Å². The molecule has 11 heteroatoms. The number of carbonyl (C=O) groups is 2. The molecule has 0 aliphatic carbocycles. The van der Waals surface area contributed by atoms with Crippen LogP contribution in [0.3, 0.4) is 0 Å². The van der Waals surface area contributed by atoms with Crippen LogP contribution in [-0.4, -0.2) is 65.5 Å². The minimum absolute atomic E-state index is 0.193. The Balaban J connectivity index is 1.47. The number of epoxide rings is 2. The van der Waals surface area contributed by atoms with Crippen LogP contribution in [0, 0.1) is 0 Å². The number of ether oxygens (including phenoxy) is 4. The zero-order valence-corrected chi connectivity index (χ0v) is 29.1. The zero-order valence-electron chi connectivity index (χ0n) is 28.2. The molecular weight excluding hydrogens is 599 g/mol. The molecule has 0 bridgehead atoms. The molecule has 0 spiro atoms. The standard InChI is InChI=1S/C34H63O10P/c1-3-5-7-15-21-30-32(44-30)23-17-11-9-13-19-25-34(36)42-28(27-41-45(37,38)39)26-40-33(35)24-18-12-8-10-16-22-31-29(43-31)20-14-6-4-2/h28-32H,3-27H2,1-2H3,(H2,37,38,39)/t28-,29?,30?,31?,32?/m1/s1. The van der Waals surface area contributed by atoms with Gasteiger partial charge in [0.2, 0.25) is 0 Å². The lowest BCUT2D eigenvalue weighted by Crippen LogP contribution is -2.29. The maximum absolute atomic E-state index is 12.4. The molecule has 0 aromatic rings. The van der Waals surface area contributed by atoms with E-state index in [9.17, 15) is 14.2 Å². The first kappa shape index (κ1) is 40.1. The molecule has 2 fully saturated rings. The van der Waals surface area contributed by atoms with Gasteiger partial charge in [-0.15, -0.1) is 0 Å². The van der Waals surface area contributed by atoms with Crippen LogP contribution >= 0.6 is 7.82 Å². The third kappa shape index (κ3) is 22.2. The fourth-order valence-corrected chi connectivity index (χ4v) is 6.19. The van der Waals surface area contributed by atoms with Gasteiger partial charge in [-0.1, -0.05) is 110 Å². The largest absolute Gasteiger partial charge is 0.469 e. The number of phosphoric acid groups is 1. The number of hydrogen-bond acceptors (Lipinski definition) is 8. The molecule has 2 aliphatic rings. The Morgan fingerprint density at radius 2 is 1.00 bits per heavy atom. The van der Waals surface area contributed by atoms with Crippen molar-refractivity contribution in [2.45, 2.75) is 192 Å². The topological polar surface area (TPSA) is 144 Å². The highest BCUT2D eigenvalue weighted by Crippen LogP contribution is 2.36. The van der Waals surface area contributed by atoms with E-state index in [1.807, 2.05) is 0 Å². The Morgan fingerprint density at radius 3 is 1.49 bits per heavy atom. The summed E-state index contributed by atoms with van der Waals surface area (Å²) in [5, 5.41) is 0. The van der Waals surface area contributed by atoms with Gasteiger partial charge in [0.15, 0.2) is 6.10 Å². The summed E-state index contributed by atoms with van der Waals surface area (Å²) in [5.74, 6) is -0.917. The fraction of sp³-hybridized carbons (Fsp3) is 0.941. The number of esters is 2. The van der Waals surface area contributed by atoms with E-state index >= 15 is 0 Å². The van der Waals surface area contributed by atoms with E-state index in [1.165, 1.54) is 57.8 Å². The predicted octanol–water partition coefficient (Wildman–Crippen LogP) is 8.10. The quantitative estimate of drug-likeness (QED) is 0.0323. The summed E-state index contributed by atoms with van der Waals surface area (Å²) >= 11 is 0. The molecule has 0 aromatic heterocycles. The molecule has 2 rings (SSSR count). The van der Waals surface area contributed by atoms with Crippen molar-refractivity contribution in [2.24, 2.45) is 0 Å². The third-order valence-electron chi connectivity index (χ3n) is 8.71. The van der Waals surface area contributed by atoms with Gasteiger partial charge in [-0.05, 0) is 38.5 Å². The van der Waals surface area contributed by atoms with Crippen molar-refractivity contribution in [2.75, 3.05) is 13.2 Å². The summed E-state index contributed by atoms with van der Waals surface area (Å²) in [5.41, 5.74) is 0. The van der Waals surface area contributed by atoms with E-state index in [1.54, 1.807) is 0 Å². The van der Waals surface area contributed by atoms with Crippen LogP contribution in [0.25, 0.3) is 0 Å². The molecular formula is C34H63O10P. The first-order valence-electron chi connectivity index (χ1n) is 18.1. The van der Waals surface area contributed by atoms with E-state index < -0.39 is 32.5 Å². The Hall–Kier alpha value is -1.03. The third-order valence-corrected chi connectivity index (χ3v) is 9.19. The molecule has 5 atom stereocenters. The number of rotatable bonds is 31. The van der Waals surface area contributed by atoms with Crippen molar-refractivity contribution in [3.63, 3.8) is 0 Å². The van der Waals surface area contributed by atoms with Crippen LogP contribution in [0.2, 0.25) is 0 Å². The minimum Gasteiger partial charge on any atom is -0.462 e. The van der Waals surface area contributed by atoms with Crippen LogP contribution in [-0.2, 0) is 37.6 Å². The molecule has 264 valence electrons. The first-order chi connectivity index (χ1) is 21.7. The van der Waals surface area contributed by atoms with Crippen molar-refractivity contribution >= 4 is 19.8 Å². The van der Waals surface area contributed by atoms with Gasteiger partial charge in [0.25, 0.3) is 0 Å². The molecule has 2 heterocycles. The average Bonchev–Trinajstić information content (AvgIpc) is 3.92. The Labute approximate surface area is 272 Å². The first-order valence-corrected chi connectivity index (χ1v) is 19.6. The van der Waals surface area contributed by atoms with Crippen molar-refractivity contribution in [1.29, 1.82) is 0 Å². The summed E-state index contributed by atoms with van der Waals surface area (Å²) in [6.07, 6.45) is 24.4. The Morgan fingerprint density at radius 1 is 0.600 bits per heavy atom. The van der Waals surface area contributed by atoms with E-state index in [2.05, 4.69) is 18.4 Å². The maximum Gasteiger partial charge on any atom is 0.469 e. The number of unbranched alkanes of at least 4 members (excludes halogenated alkanes) is 13. The van der Waals surface area contributed by atoms with Gasteiger partial charge in [0.05, 0.1) is 31.0 Å². The second-order valence-corrected chi connectivity index (χ2v) is 14.2. The summed E-state index contributed by atoms with van der Waals surface area (Å²) in [7, 11) is -4.76. The van der Waals surface area contributed by atoms with Crippen molar-refractivity contribution in [3.8, 4) is 0 Å². The highest BCUT2D eigenvalue weighted by molar-refractivity contribution is 7.46. The van der Waals surface area contributed by atoms with Crippen molar-refractivity contribution < 1.29 is 47.4 Å². The molecule has 0 radical (unpaired) electrons. The molecule has 45 heavy (non-hydrogen) atoms. The van der Waals surface area contributed by atoms with Gasteiger partial charge >= 0.3 is 19.8 Å². The predicted molar refractivity (Wildman–Crippen MR) is 174 cm³/mol. The Kier molecular flexibility index (Phi) is 21.6. The molecule has 2 saturated heterocycles. The SMILES string of the molecule is CCCCCCC1OC1CCCCCCCC(=O)O[C@H](COC(=O)CCCCCCCC1OC1CCCCC)COP(=O)(O)O. The van der Waals surface area contributed by atoms with E-state index in [4.69, 9.17) is 28.7 Å². The second kappa shape index (κ2) is 24.2. The maximum atomic E-state index is 12.4. The second-order valence-electron chi connectivity index (χ2n) is 13.0. The lowest BCUT2D eigenvalue weighted by atomic mass is 10.0. The fourth-order valence-electron chi connectivity index (χ4n) is 5.83. The highest BCUT2D eigenvalue weighted by atomic mass is 31.2. The van der Waals surface area contributed by atoms with Gasteiger partial charge in [-0.3, -0.25) is 14.1 Å². The molecule has 2 aliphatic heterocycles. The summed E-state index contributed by atoms with van der Waals surface area (Å²) in [4.78, 5) is 42.7. The van der Waals surface area contributed by atoms with E-state index in [-0.39, 0.29) is 19.4 Å². The van der Waals surface area contributed by atoms with Crippen LogP contribution in [0.4, 0.5) is 0 Å². The molecule has 0 amide bonds. The van der Waals surface area contributed by atoms with Gasteiger partial charge in [0.1, 0.15) is 6.61 Å². The normalized spacial score (nSPS) is 21.4. The molecule has 0 saturated carbocycles. The van der Waals surface area contributed by atoms with Gasteiger partial charge in [-0.25, -0.2) is 4.57 Å². The van der Waals surface area contributed by atoms with Crippen LogP contribution in [0.15, 0.2) is 0 Å². The van der Waals surface area contributed by atoms with Crippen LogP contribution in [0.1, 0.15) is 162 Å².